The van der Waals surface area contributed by atoms with Gasteiger partial charge in [0, 0.05) is 31.1 Å². The minimum atomic E-state index is -0.826. The molecule has 102 valence electrons. The normalized spacial score (nSPS) is 13.7. The van der Waals surface area contributed by atoms with Crippen LogP contribution in [0.15, 0.2) is 18.2 Å². The van der Waals surface area contributed by atoms with Crippen molar-refractivity contribution in [3.63, 3.8) is 0 Å². The minimum absolute atomic E-state index is 0.0919. The topological polar surface area (TPSA) is 64.1 Å². The number of benzene rings is 1. The molecule has 1 atom stereocenters. The van der Waals surface area contributed by atoms with Gasteiger partial charge in [0.25, 0.3) is 0 Å². The summed E-state index contributed by atoms with van der Waals surface area (Å²) in [6.07, 6.45) is 0. The highest BCUT2D eigenvalue weighted by atomic mass is 19.2. The van der Waals surface area contributed by atoms with Crippen LogP contribution in [0.1, 0.15) is 19.4 Å². The Bertz CT molecular complexity index is 394. The number of rotatable bonds is 6. The molecule has 0 heterocycles. The summed E-state index contributed by atoms with van der Waals surface area (Å²) in [5, 5.41) is 3.19. The molecule has 1 aromatic rings. The van der Waals surface area contributed by atoms with Crippen molar-refractivity contribution in [1.29, 1.82) is 0 Å². The SMILES string of the molecule is CC(C)(CNCC(N)CN)c1ccc(F)c(F)c1. The number of nitrogens with two attached hydrogens (primary N) is 2. The van der Waals surface area contributed by atoms with Crippen LogP contribution in [0.5, 0.6) is 0 Å². The van der Waals surface area contributed by atoms with E-state index < -0.39 is 11.6 Å². The molecule has 0 spiro atoms. The van der Waals surface area contributed by atoms with E-state index in [9.17, 15) is 8.78 Å². The van der Waals surface area contributed by atoms with Gasteiger partial charge in [-0.05, 0) is 17.7 Å². The van der Waals surface area contributed by atoms with E-state index in [0.717, 1.165) is 11.6 Å². The number of hydrogen-bond acceptors (Lipinski definition) is 3. The Balaban J connectivity index is 2.64. The van der Waals surface area contributed by atoms with Crippen LogP contribution in [-0.2, 0) is 5.41 Å². The molecule has 0 aromatic heterocycles. The van der Waals surface area contributed by atoms with Gasteiger partial charge >= 0.3 is 0 Å². The van der Waals surface area contributed by atoms with Gasteiger partial charge in [-0.25, -0.2) is 8.78 Å². The maximum atomic E-state index is 13.2. The van der Waals surface area contributed by atoms with Crippen molar-refractivity contribution in [3.8, 4) is 0 Å². The zero-order valence-electron chi connectivity index (χ0n) is 10.8. The Morgan fingerprint density at radius 2 is 1.94 bits per heavy atom. The van der Waals surface area contributed by atoms with E-state index in [1.54, 1.807) is 6.07 Å². The summed E-state index contributed by atoms with van der Waals surface area (Å²) < 4.78 is 26.1. The summed E-state index contributed by atoms with van der Waals surface area (Å²) in [4.78, 5) is 0. The molecule has 3 nitrogen and oxygen atoms in total. The molecule has 0 aliphatic heterocycles. The average Bonchev–Trinajstić information content (AvgIpc) is 2.32. The highest BCUT2D eigenvalue weighted by Gasteiger charge is 2.21. The number of nitrogens with one attached hydrogen (secondary N) is 1. The van der Waals surface area contributed by atoms with E-state index in [4.69, 9.17) is 11.5 Å². The molecule has 0 radical (unpaired) electrons. The highest BCUT2D eigenvalue weighted by Crippen LogP contribution is 2.23. The Morgan fingerprint density at radius 3 is 2.50 bits per heavy atom. The molecular weight excluding hydrogens is 236 g/mol. The van der Waals surface area contributed by atoms with Crippen LogP contribution in [0.2, 0.25) is 0 Å². The van der Waals surface area contributed by atoms with Crippen molar-refractivity contribution >= 4 is 0 Å². The first kappa shape index (κ1) is 15.0. The van der Waals surface area contributed by atoms with Crippen LogP contribution >= 0.6 is 0 Å². The van der Waals surface area contributed by atoms with Crippen LogP contribution in [0.4, 0.5) is 8.78 Å². The van der Waals surface area contributed by atoms with E-state index in [1.165, 1.54) is 6.07 Å². The molecule has 5 N–H and O–H groups in total. The van der Waals surface area contributed by atoms with Crippen molar-refractivity contribution in [2.24, 2.45) is 11.5 Å². The Labute approximate surface area is 107 Å². The highest BCUT2D eigenvalue weighted by molar-refractivity contribution is 5.25. The van der Waals surface area contributed by atoms with Crippen LogP contribution < -0.4 is 16.8 Å². The third kappa shape index (κ3) is 4.01. The van der Waals surface area contributed by atoms with Gasteiger partial charge in [-0.1, -0.05) is 19.9 Å². The fourth-order valence-electron chi connectivity index (χ4n) is 1.67. The van der Waals surface area contributed by atoms with Gasteiger partial charge in [-0.3, -0.25) is 0 Å². The van der Waals surface area contributed by atoms with Crippen molar-refractivity contribution in [2.75, 3.05) is 19.6 Å². The molecule has 1 aromatic carbocycles. The van der Waals surface area contributed by atoms with Gasteiger partial charge in [0.2, 0.25) is 0 Å². The molecule has 0 aliphatic carbocycles. The van der Waals surface area contributed by atoms with Crippen molar-refractivity contribution in [1.82, 2.24) is 5.32 Å². The Hall–Kier alpha value is -1.04. The molecule has 1 rings (SSSR count). The van der Waals surface area contributed by atoms with Gasteiger partial charge in [-0.15, -0.1) is 0 Å². The first-order chi connectivity index (χ1) is 8.36. The summed E-state index contributed by atoms with van der Waals surface area (Å²) in [6.45, 7) is 5.55. The molecule has 5 heteroatoms. The van der Waals surface area contributed by atoms with E-state index in [2.05, 4.69) is 5.32 Å². The lowest BCUT2D eigenvalue weighted by molar-refractivity contribution is 0.446. The molecule has 0 amide bonds. The van der Waals surface area contributed by atoms with Crippen LogP contribution in [-0.4, -0.2) is 25.7 Å². The van der Waals surface area contributed by atoms with Gasteiger partial charge < -0.3 is 16.8 Å². The van der Waals surface area contributed by atoms with Gasteiger partial charge in [-0.2, -0.15) is 0 Å². The predicted octanol–water partition coefficient (Wildman–Crippen LogP) is 1.12. The van der Waals surface area contributed by atoms with E-state index in [1.807, 2.05) is 13.8 Å². The van der Waals surface area contributed by atoms with E-state index in [0.29, 0.717) is 19.6 Å². The maximum Gasteiger partial charge on any atom is 0.159 e. The standard InChI is InChI=1S/C13H21F2N3/c1-13(2,8-18-7-10(17)6-16)9-3-4-11(14)12(15)5-9/h3-5,10,18H,6-8,16-17H2,1-2H3. The molecule has 0 bridgehead atoms. The summed E-state index contributed by atoms with van der Waals surface area (Å²) in [5.74, 6) is -1.65. The smallest absolute Gasteiger partial charge is 0.159 e. The lowest BCUT2D eigenvalue weighted by Crippen LogP contribution is -2.43. The molecule has 0 saturated heterocycles. The Kier molecular flexibility index (Phi) is 5.19. The molecule has 1 unspecified atom stereocenters. The number of halogens is 2. The third-order valence-electron chi connectivity index (χ3n) is 2.98. The monoisotopic (exact) mass is 257 g/mol. The summed E-state index contributed by atoms with van der Waals surface area (Å²) >= 11 is 0. The summed E-state index contributed by atoms with van der Waals surface area (Å²) in [7, 11) is 0. The van der Waals surface area contributed by atoms with Gasteiger partial charge in [0.1, 0.15) is 0 Å². The minimum Gasteiger partial charge on any atom is -0.329 e. The fraction of sp³-hybridized carbons (Fsp3) is 0.538. The molecular formula is C13H21F2N3. The second kappa shape index (κ2) is 6.22. The lowest BCUT2D eigenvalue weighted by Gasteiger charge is -2.26. The van der Waals surface area contributed by atoms with Crippen LogP contribution in [0.3, 0.4) is 0 Å². The van der Waals surface area contributed by atoms with E-state index in [-0.39, 0.29) is 11.5 Å². The van der Waals surface area contributed by atoms with Gasteiger partial charge in [0.15, 0.2) is 11.6 Å². The maximum absolute atomic E-state index is 13.2. The van der Waals surface area contributed by atoms with Crippen molar-refractivity contribution in [2.45, 2.75) is 25.3 Å². The zero-order chi connectivity index (χ0) is 13.8. The summed E-state index contributed by atoms with van der Waals surface area (Å²) in [6, 6.07) is 3.90. The van der Waals surface area contributed by atoms with E-state index >= 15 is 0 Å². The lowest BCUT2D eigenvalue weighted by atomic mass is 9.84. The van der Waals surface area contributed by atoms with Gasteiger partial charge in [0.05, 0.1) is 0 Å². The van der Waals surface area contributed by atoms with Crippen molar-refractivity contribution < 1.29 is 8.78 Å². The summed E-state index contributed by atoms with van der Waals surface area (Å²) in [5.41, 5.74) is 11.5. The molecule has 0 fully saturated rings. The first-order valence-electron chi connectivity index (χ1n) is 5.98. The van der Waals surface area contributed by atoms with Crippen molar-refractivity contribution in [3.05, 3.63) is 35.4 Å². The quantitative estimate of drug-likeness (QED) is 0.715. The predicted molar refractivity (Wildman–Crippen MR) is 69.3 cm³/mol. The largest absolute Gasteiger partial charge is 0.329 e. The van der Waals surface area contributed by atoms with Crippen LogP contribution in [0, 0.1) is 11.6 Å². The molecule has 0 aliphatic rings. The first-order valence-corrected chi connectivity index (χ1v) is 5.98. The zero-order valence-corrected chi connectivity index (χ0v) is 10.8. The Morgan fingerprint density at radius 1 is 1.28 bits per heavy atom. The van der Waals surface area contributed by atoms with Crippen LogP contribution in [0.25, 0.3) is 0 Å². The third-order valence-corrected chi connectivity index (χ3v) is 2.98. The second-order valence-electron chi connectivity index (χ2n) is 5.14. The molecule has 18 heavy (non-hydrogen) atoms. The fourth-order valence-corrected chi connectivity index (χ4v) is 1.67. The number of hydrogen-bond donors (Lipinski definition) is 3. The average molecular weight is 257 g/mol. The molecule has 0 saturated carbocycles. The second-order valence-corrected chi connectivity index (χ2v) is 5.14.